The monoisotopic (exact) mass is 532 g/mol. The van der Waals surface area contributed by atoms with Gasteiger partial charge in [-0.25, -0.2) is 9.97 Å². The third-order valence-corrected chi connectivity index (χ3v) is 9.55. The van der Waals surface area contributed by atoms with Gasteiger partial charge < -0.3 is 20.0 Å². The zero-order valence-corrected chi connectivity index (χ0v) is 23.4. The Hall–Kier alpha value is -3.24. The number of piperidine rings is 1. The maximum absolute atomic E-state index is 12.9. The molecule has 9 nitrogen and oxygen atoms in total. The minimum absolute atomic E-state index is 0.0464. The lowest BCUT2D eigenvalue weighted by Crippen LogP contribution is -2.42. The third kappa shape index (κ3) is 4.49. The Balaban J connectivity index is 1.34. The van der Waals surface area contributed by atoms with Crippen LogP contribution in [0, 0.1) is 5.92 Å². The molecule has 0 spiro atoms. The van der Waals surface area contributed by atoms with Gasteiger partial charge in [0.25, 0.3) is 0 Å². The van der Waals surface area contributed by atoms with Crippen LogP contribution in [0.2, 0.25) is 0 Å². The number of hydrogen-bond donors (Lipinski definition) is 2. The molecule has 1 saturated heterocycles. The van der Waals surface area contributed by atoms with Crippen molar-refractivity contribution >= 4 is 55.6 Å². The number of benzene rings is 1. The highest BCUT2D eigenvalue weighted by Gasteiger charge is 2.31. The summed E-state index contributed by atoms with van der Waals surface area (Å²) >= 11 is 1.71. The van der Waals surface area contributed by atoms with Crippen LogP contribution in [-0.4, -0.2) is 82.7 Å². The van der Waals surface area contributed by atoms with Crippen LogP contribution < -0.4 is 10.2 Å². The first-order valence-electron chi connectivity index (χ1n) is 13.6. The van der Waals surface area contributed by atoms with E-state index in [0.717, 1.165) is 84.4 Å². The van der Waals surface area contributed by atoms with Gasteiger partial charge in [0.2, 0.25) is 5.91 Å². The quantitative estimate of drug-likeness (QED) is 0.380. The molecule has 200 valence electrons. The van der Waals surface area contributed by atoms with Crippen molar-refractivity contribution in [1.82, 2.24) is 30.0 Å². The fourth-order valence-electron chi connectivity index (χ4n) is 5.98. The Kier molecular flexibility index (Phi) is 6.69. The highest BCUT2D eigenvalue weighted by atomic mass is 32.1. The van der Waals surface area contributed by atoms with Crippen LogP contribution in [0.25, 0.3) is 21.1 Å². The number of nitrogens with one attached hydrogen (secondary N) is 2. The van der Waals surface area contributed by atoms with Crippen LogP contribution in [0.5, 0.6) is 0 Å². The molecule has 3 aromatic heterocycles. The topological polar surface area (TPSA) is 93.3 Å². The highest BCUT2D eigenvalue weighted by Crippen LogP contribution is 2.42. The van der Waals surface area contributed by atoms with Crippen molar-refractivity contribution in [2.45, 2.75) is 45.1 Å². The van der Waals surface area contributed by atoms with Crippen molar-refractivity contribution in [3.63, 3.8) is 0 Å². The molecule has 2 N–H and O–H groups in total. The van der Waals surface area contributed by atoms with Gasteiger partial charge >= 0.3 is 0 Å². The summed E-state index contributed by atoms with van der Waals surface area (Å²) in [6.07, 6.45) is 8.31. The van der Waals surface area contributed by atoms with Crippen LogP contribution in [0.3, 0.4) is 0 Å². The number of anilines is 3. The van der Waals surface area contributed by atoms with Crippen LogP contribution in [0.4, 0.5) is 17.2 Å². The predicted octanol–water partition coefficient (Wildman–Crippen LogP) is 4.42. The smallest absolute Gasteiger partial charge is 0.225 e. The van der Waals surface area contributed by atoms with Crippen LogP contribution >= 0.6 is 11.3 Å². The lowest BCUT2D eigenvalue weighted by Gasteiger charge is -2.37. The molecule has 0 bridgehead atoms. The van der Waals surface area contributed by atoms with Gasteiger partial charge in [-0.3, -0.25) is 9.89 Å². The maximum Gasteiger partial charge on any atom is 0.225 e. The second-order valence-corrected chi connectivity index (χ2v) is 11.9. The Morgan fingerprint density at radius 3 is 2.76 bits per heavy atom. The second kappa shape index (κ2) is 10.1. The Morgan fingerprint density at radius 2 is 2.00 bits per heavy atom. The van der Waals surface area contributed by atoms with Crippen LogP contribution in [0.1, 0.15) is 36.6 Å². The molecular formula is C28H36N8OS. The molecule has 1 atom stereocenters. The number of aromatic amines is 1. The summed E-state index contributed by atoms with van der Waals surface area (Å²) in [5.74, 6) is 1.14. The molecule has 2 aliphatic rings. The first-order chi connectivity index (χ1) is 18.4. The molecule has 1 aliphatic carbocycles. The Bertz CT molecular complexity index is 1470. The average Bonchev–Trinajstić information content (AvgIpc) is 3.55. The molecule has 0 unspecified atom stereocenters. The normalized spacial score (nSPS) is 18.3. The first-order valence-corrected chi connectivity index (χ1v) is 14.4. The first kappa shape index (κ1) is 25.1. The fraction of sp³-hybridized carbons (Fsp3) is 0.500. The van der Waals surface area contributed by atoms with Crippen LogP contribution in [-0.2, 0) is 17.6 Å². The highest BCUT2D eigenvalue weighted by molar-refractivity contribution is 7.19. The Labute approximate surface area is 227 Å². The second-order valence-electron chi connectivity index (χ2n) is 10.8. The standard InChI is InChI=1S/C28H36N8OS/c1-5-35(4)28(37)17-6-7-20-24(13-17)38-27-25(20)26(29-16-30-27)32-22-12-18-15-31-33-21(18)14-23(22)36-10-8-19(9-11-36)34(2)3/h12,14-17,19H,5-11,13H2,1-4H3,(H,31,33)(H,29,30,32)/t17-/m0/s1. The van der Waals surface area contributed by atoms with E-state index in [4.69, 9.17) is 4.98 Å². The molecule has 4 aromatic rings. The van der Waals surface area contributed by atoms with E-state index in [1.165, 1.54) is 16.1 Å². The Morgan fingerprint density at radius 1 is 1.18 bits per heavy atom. The number of aryl methyl sites for hydroxylation is 1. The molecule has 10 heteroatoms. The van der Waals surface area contributed by atoms with E-state index >= 15 is 0 Å². The summed E-state index contributed by atoms with van der Waals surface area (Å²) in [5.41, 5.74) is 4.54. The molecule has 38 heavy (non-hydrogen) atoms. The number of thiophene rings is 1. The van der Waals surface area contributed by atoms with E-state index in [-0.39, 0.29) is 11.8 Å². The molecule has 1 aromatic carbocycles. The number of carbonyl (C=O) groups excluding carboxylic acids is 1. The largest absolute Gasteiger partial charge is 0.370 e. The van der Waals surface area contributed by atoms with E-state index < -0.39 is 0 Å². The van der Waals surface area contributed by atoms with Crippen molar-refractivity contribution in [2.24, 2.45) is 5.92 Å². The summed E-state index contributed by atoms with van der Waals surface area (Å²) in [6.45, 7) is 4.78. The number of H-pyrrole nitrogens is 1. The average molecular weight is 533 g/mol. The summed E-state index contributed by atoms with van der Waals surface area (Å²) in [6, 6.07) is 5.00. The zero-order valence-electron chi connectivity index (χ0n) is 22.6. The zero-order chi connectivity index (χ0) is 26.4. The number of rotatable bonds is 6. The maximum atomic E-state index is 12.9. The lowest BCUT2D eigenvalue weighted by atomic mass is 9.87. The molecule has 1 fully saturated rings. The molecule has 0 saturated carbocycles. The molecule has 4 heterocycles. The number of nitrogens with zero attached hydrogens (tertiary/aromatic N) is 6. The molecule has 1 amide bonds. The summed E-state index contributed by atoms with van der Waals surface area (Å²) < 4.78 is 0. The summed E-state index contributed by atoms with van der Waals surface area (Å²) in [7, 11) is 6.24. The number of amides is 1. The van der Waals surface area contributed by atoms with Gasteiger partial charge in [-0.2, -0.15) is 5.10 Å². The molecular weight excluding hydrogens is 496 g/mol. The van der Waals surface area contributed by atoms with Gasteiger partial charge in [0.05, 0.1) is 28.5 Å². The number of aromatic nitrogens is 4. The SMILES string of the molecule is CCN(C)C(=O)[C@H]1CCc2c(sc3ncnc(Nc4cc5cn[nH]c5cc4N4CCC(N(C)C)CC4)c23)C1. The van der Waals surface area contributed by atoms with Gasteiger partial charge in [-0.1, -0.05) is 0 Å². The number of hydrogen-bond acceptors (Lipinski definition) is 8. The lowest BCUT2D eigenvalue weighted by molar-refractivity contribution is -0.134. The molecule has 6 rings (SSSR count). The van der Waals surface area contributed by atoms with Crippen molar-refractivity contribution in [1.29, 1.82) is 0 Å². The van der Waals surface area contributed by atoms with Crippen LogP contribution in [0.15, 0.2) is 24.7 Å². The van der Waals surface area contributed by atoms with Gasteiger partial charge in [-0.15, -0.1) is 11.3 Å². The van der Waals surface area contributed by atoms with E-state index in [0.29, 0.717) is 6.04 Å². The van der Waals surface area contributed by atoms with E-state index in [1.54, 1.807) is 17.7 Å². The summed E-state index contributed by atoms with van der Waals surface area (Å²) in [5, 5.41) is 13.3. The van der Waals surface area contributed by atoms with E-state index in [1.807, 2.05) is 25.1 Å². The van der Waals surface area contributed by atoms with E-state index in [9.17, 15) is 4.79 Å². The fourth-order valence-corrected chi connectivity index (χ4v) is 7.24. The van der Waals surface area contributed by atoms with Crippen molar-refractivity contribution in [3.8, 4) is 0 Å². The van der Waals surface area contributed by atoms with Crippen molar-refractivity contribution < 1.29 is 4.79 Å². The minimum atomic E-state index is 0.0464. The number of fused-ring (bicyclic) bond motifs is 4. The van der Waals surface area contributed by atoms with Gasteiger partial charge in [0, 0.05) is 48.9 Å². The number of carbonyl (C=O) groups is 1. The predicted molar refractivity (Wildman–Crippen MR) is 155 cm³/mol. The van der Waals surface area contributed by atoms with Crippen molar-refractivity contribution in [3.05, 3.63) is 35.1 Å². The van der Waals surface area contributed by atoms with Gasteiger partial charge in [0.15, 0.2) is 0 Å². The molecule has 0 radical (unpaired) electrons. The third-order valence-electron chi connectivity index (χ3n) is 8.39. The van der Waals surface area contributed by atoms with E-state index in [2.05, 4.69) is 56.5 Å². The van der Waals surface area contributed by atoms with Crippen molar-refractivity contribution in [2.75, 3.05) is 51.0 Å². The summed E-state index contributed by atoms with van der Waals surface area (Å²) in [4.78, 5) is 31.1. The molecule has 1 aliphatic heterocycles. The van der Waals surface area contributed by atoms with Gasteiger partial charge in [0.1, 0.15) is 17.0 Å². The minimum Gasteiger partial charge on any atom is -0.370 e. The van der Waals surface area contributed by atoms with Gasteiger partial charge in [-0.05, 0) is 70.8 Å².